The topological polar surface area (TPSA) is 38.8 Å². The van der Waals surface area contributed by atoms with Crippen LogP contribution in [0, 0.1) is 11.8 Å². The largest absolute Gasteiger partial charge is 0.449 e. The Kier molecular flexibility index (Phi) is 3.79. The molecule has 1 aromatic carbocycles. The summed E-state index contributed by atoms with van der Waals surface area (Å²) in [7, 11) is 1.77. The first kappa shape index (κ1) is 16.8. The van der Waals surface area contributed by atoms with Crippen LogP contribution in [0.4, 0.5) is 0 Å². The van der Waals surface area contributed by atoms with Gasteiger partial charge in [-0.2, -0.15) is 0 Å². The average molecular weight is 361 g/mol. The number of carbonyl (C=O) groups excluding carboxylic acids is 1. The van der Waals surface area contributed by atoms with Crippen molar-refractivity contribution in [3.8, 4) is 11.8 Å². The molecule has 5 rings (SSSR count). The van der Waals surface area contributed by atoms with Crippen LogP contribution in [0.1, 0.15) is 31.7 Å². The molecular weight excluding hydrogens is 338 g/mol. The molecule has 3 heterocycles. The predicted octanol–water partition coefficient (Wildman–Crippen LogP) is 2.84. The molecule has 0 N–H and O–H groups in total. The second-order valence-corrected chi connectivity index (χ2v) is 7.88. The number of hydrogen-bond acceptors (Lipinski definition) is 4. The normalized spacial score (nSPS) is 34.7. The standard InChI is InChI=1S/C23H23NO3/c1-15(26-2)20-10-11-21-23-14-18(24(20)21)12-17(19(23)13-22(25)27-23)9-8-16-6-4-3-5-7-16/h3-7,12-13,15,18,20-21H,10-11,14H2,1-2H3/t15?,18-,20-,21-,23+/m1/s1. The first-order chi connectivity index (χ1) is 13.1. The maximum Gasteiger partial charge on any atom is 0.332 e. The Morgan fingerprint density at radius 3 is 2.85 bits per heavy atom. The highest BCUT2D eigenvalue weighted by Gasteiger charge is 2.64. The van der Waals surface area contributed by atoms with Crippen molar-refractivity contribution in [1.29, 1.82) is 0 Å². The zero-order chi connectivity index (χ0) is 18.6. The summed E-state index contributed by atoms with van der Waals surface area (Å²) in [6, 6.07) is 10.8. The molecule has 27 heavy (non-hydrogen) atoms. The number of fused-ring (bicyclic) bond motifs is 3. The third-order valence-electron chi connectivity index (χ3n) is 6.59. The quantitative estimate of drug-likeness (QED) is 0.600. The molecule has 2 fully saturated rings. The highest BCUT2D eigenvalue weighted by Crippen LogP contribution is 2.55. The van der Waals surface area contributed by atoms with E-state index in [1.165, 1.54) is 0 Å². The fourth-order valence-corrected chi connectivity index (χ4v) is 5.40. The molecule has 3 aliphatic heterocycles. The molecule has 0 saturated carbocycles. The first-order valence-corrected chi connectivity index (χ1v) is 9.67. The number of carbonyl (C=O) groups is 1. The molecule has 0 amide bonds. The summed E-state index contributed by atoms with van der Waals surface area (Å²) in [5, 5.41) is 0. The SMILES string of the molecule is COC(C)[C@H]1CC[C@H]2N1[C@@H]1C=C(C#Cc3ccccc3)C3=CC(=O)O[C@@]32C1. The van der Waals surface area contributed by atoms with Crippen molar-refractivity contribution in [1.82, 2.24) is 4.90 Å². The van der Waals surface area contributed by atoms with Gasteiger partial charge in [0.25, 0.3) is 0 Å². The van der Waals surface area contributed by atoms with Crippen molar-refractivity contribution < 1.29 is 14.3 Å². The summed E-state index contributed by atoms with van der Waals surface area (Å²) < 4.78 is 11.6. The smallest absolute Gasteiger partial charge is 0.332 e. The Hall–Kier alpha value is -2.35. The third-order valence-corrected chi connectivity index (χ3v) is 6.59. The lowest BCUT2D eigenvalue weighted by atomic mass is 9.77. The molecule has 1 aromatic rings. The van der Waals surface area contributed by atoms with Gasteiger partial charge in [0.05, 0.1) is 12.1 Å². The Balaban J connectivity index is 1.56. The van der Waals surface area contributed by atoms with Crippen molar-refractivity contribution in [2.45, 2.75) is 56.0 Å². The number of ether oxygens (including phenoxy) is 2. The van der Waals surface area contributed by atoms with Gasteiger partial charge in [0.2, 0.25) is 0 Å². The second kappa shape index (κ2) is 6.09. The molecular formula is C23H23NO3. The highest BCUT2D eigenvalue weighted by atomic mass is 16.6. The van der Waals surface area contributed by atoms with Gasteiger partial charge in [-0.15, -0.1) is 0 Å². The molecule has 0 radical (unpaired) electrons. The van der Waals surface area contributed by atoms with Gasteiger partial charge >= 0.3 is 5.97 Å². The van der Waals surface area contributed by atoms with E-state index in [-0.39, 0.29) is 24.2 Å². The minimum absolute atomic E-state index is 0.155. The van der Waals surface area contributed by atoms with Crippen molar-refractivity contribution in [3.05, 3.63) is 59.2 Å². The van der Waals surface area contributed by atoms with Crippen molar-refractivity contribution >= 4 is 5.97 Å². The van der Waals surface area contributed by atoms with Crippen LogP contribution >= 0.6 is 0 Å². The van der Waals surface area contributed by atoms with Crippen LogP contribution in [0.15, 0.2) is 53.6 Å². The summed E-state index contributed by atoms with van der Waals surface area (Å²) in [6.45, 7) is 2.13. The van der Waals surface area contributed by atoms with Gasteiger partial charge in [-0.3, -0.25) is 4.90 Å². The lowest BCUT2D eigenvalue weighted by Gasteiger charge is -2.33. The first-order valence-electron chi connectivity index (χ1n) is 9.67. The molecule has 5 atom stereocenters. The van der Waals surface area contributed by atoms with Gasteiger partial charge in [-0.05, 0) is 31.9 Å². The monoisotopic (exact) mass is 361 g/mol. The van der Waals surface area contributed by atoms with Gasteiger partial charge in [-0.1, -0.05) is 36.1 Å². The number of rotatable bonds is 2. The van der Waals surface area contributed by atoms with E-state index in [2.05, 4.69) is 29.7 Å². The molecule has 1 aliphatic carbocycles. The Bertz CT molecular complexity index is 907. The summed E-state index contributed by atoms with van der Waals surface area (Å²) in [5.41, 5.74) is 2.37. The number of methoxy groups -OCH3 is 1. The van der Waals surface area contributed by atoms with E-state index in [4.69, 9.17) is 9.47 Å². The molecule has 138 valence electrons. The number of hydrogen-bond donors (Lipinski definition) is 0. The summed E-state index contributed by atoms with van der Waals surface area (Å²) in [6.07, 6.45) is 6.98. The van der Waals surface area contributed by atoms with Crippen molar-refractivity contribution in [3.63, 3.8) is 0 Å². The zero-order valence-corrected chi connectivity index (χ0v) is 15.6. The van der Waals surface area contributed by atoms with E-state index < -0.39 is 5.60 Å². The fourth-order valence-electron chi connectivity index (χ4n) is 5.40. The van der Waals surface area contributed by atoms with Crippen LogP contribution in [0.5, 0.6) is 0 Å². The van der Waals surface area contributed by atoms with Gasteiger partial charge in [-0.25, -0.2) is 4.79 Å². The Labute approximate surface area is 159 Å². The molecule has 1 spiro atoms. The van der Waals surface area contributed by atoms with Crippen LogP contribution in [0.2, 0.25) is 0 Å². The van der Waals surface area contributed by atoms with Crippen LogP contribution in [-0.2, 0) is 14.3 Å². The molecule has 4 heteroatoms. The average Bonchev–Trinajstić information content (AvgIpc) is 3.33. The Morgan fingerprint density at radius 1 is 1.26 bits per heavy atom. The fraction of sp³-hybridized carbons (Fsp3) is 0.435. The van der Waals surface area contributed by atoms with Crippen LogP contribution in [0.3, 0.4) is 0 Å². The van der Waals surface area contributed by atoms with E-state index >= 15 is 0 Å². The molecule has 0 aromatic heterocycles. The zero-order valence-electron chi connectivity index (χ0n) is 15.6. The van der Waals surface area contributed by atoms with Gasteiger partial charge in [0.1, 0.15) is 0 Å². The van der Waals surface area contributed by atoms with Gasteiger partial charge < -0.3 is 9.47 Å². The van der Waals surface area contributed by atoms with Gasteiger partial charge in [0, 0.05) is 48.4 Å². The molecule has 4 nitrogen and oxygen atoms in total. The molecule has 1 unspecified atom stereocenters. The summed E-state index contributed by atoms with van der Waals surface area (Å²) >= 11 is 0. The third kappa shape index (κ3) is 2.42. The minimum Gasteiger partial charge on any atom is -0.449 e. The number of benzene rings is 1. The summed E-state index contributed by atoms with van der Waals surface area (Å²) in [5.74, 6) is 6.34. The molecule has 4 aliphatic rings. The second-order valence-electron chi connectivity index (χ2n) is 7.88. The highest BCUT2D eigenvalue weighted by molar-refractivity contribution is 5.90. The van der Waals surface area contributed by atoms with E-state index in [9.17, 15) is 4.79 Å². The number of nitrogens with zero attached hydrogens (tertiary/aromatic N) is 1. The van der Waals surface area contributed by atoms with Crippen molar-refractivity contribution in [2.24, 2.45) is 0 Å². The van der Waals surface area contributed by atoms with Crippen LogP contribution < -0.4 is 0 Å². The maximum absolute atomic E-state index is 12.3. The van der Waals surface area contributed by atoms with Crippen LogP contribution in [0.25, 0.3) is 0 Å². The van der Waals surface area contributed by atoms with Gasteiger partial charge in [0.15, 0.2) is 5.60 Å². The van der Waals surface area contributed by atoms with E-state index in [0.717, 1.165) is 36.0 Å². The van der Waals surface area contributed by atoms with E-state index in [1.807, 2.05) is 30.3 Å². The predicted molar refractivity (Wildman–Crippen MR) is 102 cm³/mol. The lowest BCUT2D eigenvalue weighted by Crippen LogP contribution is -2.47. The Morgan fingerprint density at radius 2 is 2.07 bits per heavy atom. The van der Waals surface area contributed by atoms with Crippen molar-refractivity contribution in [2.75, 3.05) is 7.11 Å². The van der Waals surface area contributed by atoms with Crippen LogP contribution in [-0.4, -0.2) is 47.8 Å². The maximum atomic E-state index is 12.3. The molecule has 2 saturated heterocycles. The van der Waals surface area contributed by atoms with E-state index in [0.29, 0.717) is 6.04 Å². The summed E-state index contributed by atoms with van der Waals surface area (Å²) in [4.78, 5) is 14.8. The van der Waals surface area contributed by atoms with E-state index in [1.54, 1.807) is 13.2 Å². The minimum atomic E-state index is -0.528. The number of esters is 1. The molecule has 2 bridgehead atoms. The lowest BCUT2D eigenvalue weighted by molar-refractivity contribution is -0.147.